The number of carbonyl (C=O) groups is 2. The second kappa shape index (κ2) is 10.7. The lowest BCUT2D eigenvalue weighted by molar-refractivity contribution is -0.136. The third-order valence-corrected chi connectivity index (χ3v) is 7.10. The van der Waals surface area contributed by atoms with E-state index in [0.29, 0.717) is 26.2 Å². The number of ether oxygens (including phenoxy) is 2. The summed E-state index contributed by atoms with van der Waals surface area (Å²) in [5.41, 5.74) is 1.01. The van der Waals surface area contributed by atoms with E-state index in [2.05, 4.69) is 10.2 Å². The zero-order valence-electron chi connectivity index (χ0n) is 19.2. The monoisotopic (exact) mass is 461 g/mol. The fraction of sp³-hybridized carbons (Fsp3) is 0.667. The van der Waals surface area contributed by atoms with Crippen molar-refractivity contribution in [3.63, 3.8) is 0 Å². The number of nitrogens with one attached hydrogen (secondary N) is 1. The summed E-state index contributed by atoms with van der Waals surface area (Å²) in [4.78, 5) is 29.1. The van der Waals surface area contributed by atoms with Gasteiger partial charge >= 0.3 is 0 Å². The molecule has 1 aromatic rings. The Kier molecular flexibility index (Phi) is 7.72. The summed E-state index contributed by atoms with van der Waals surface area (Å²) >= 11 is 0. The molecule has 0 aromatic heterocycles. The molecule has 9 nitrogen and oxygen atoms in total. The van der Waals surface area contributed by atoms with E-state index >= 15 is 0 Å². The molecule has 4 unspecified atom stereocenters. The summed E-state index contributed by atoms with van der Waals surface area (Å²) in [6.07, 6.45) is 0.131. The molecule has 0 spiro atoms. The minimum Gasteiger partial charge on any atom is -0.495 e. The van der Waals surface area contributed by atoms with Gasteiger partial charge in [0, 0.05) is 38.6 Å². The smallest absolute Gasteiger partial charge is 0.225 e. The second-order valence-corrected chi connectivity index (χ2v) is 9.16. The van der Waals surface area contributed by atoms with Crippen molar-refractivity contribution >= 4 is 17.5 Å². The number of anilines is 1. The summed E-state index contributed by atoms with van der Waals surface area (Å²) < 4.78 is 11.2. The van der Waals surface area contributed by atoms with Gasteiger partial charge in [-0.05, 0) is 25.0 Å². The first-order valence-electron chi connectivity index (χ1n) is 11.9. The maximum atomic E-state index is 12.9. The molecule has 3 fully saturated rings. The molecule has 182 valence electrons. The van der Waals surface area contributed by atoms with Gasteiger partial charge in [-0.15, -0.1) is 0 Å². The molecule has 9 heteroatoms. The van der Waals surface area contributed by atoms with Crippen LogP contribution in [0.15, 0.2) is 24.3 Å². The van der Waals surface area contributed by atoms with Crippen LogP contribution in [0.5, 0.6) is 5.75 Å². The number of carbonyl (C=O) groups excluding carboxylic acids is 2. The average Bonchev–Trinajstić information content (AvgIpc) is 3.48. The minimum atomic E-state index is -1.16. The van der Waals surface area contributed by atoms with Gasteiger partial charge in [0.1, 0.15) is 24.1 Å². The van der Waals surface area contributed by atoms with Crippen LogP contribution in [0, 0.1) is 5.92 Å². The maximum absolute atomic E-state index is 12.9. The van der Waals surface area contributed by atoms with Crippen molar-refractivity contribution in [1.82, 2.24) is 10.2 Å². The molecule has 0 bridgehead atoms. The SMILES string of the molecule is COc1ccccc1N1CCN(C(=O)CC2OC(CNC(=O)C3CCCC3)C(O)C2O)CC1. The molecule has 2 aliphatic heterocycles. The predicted octanol–water partition coefficient (Wildman–Crippen LogP) is 0.530. The van der Waals surface area contributed by atoms with Crippen LogP contribution in [0.4, 0.5) is 5.69 Å². The van der Waals surface area contributed by atoms with E-state index in [1.54, 1.807) is 12.0 Å². The molecule has 4 rings (SSSR count). The molecular formula is C24H35N3O6. The van der Waals surface area contributed by atoms with E-state index in [4.69, 9.17) is 9.47 Å². The zero-order chi connectivity index (χ0) is 23.4. The molecule has 2 amide bonds. The fourth-order valence-electron chi connectivity index (χ4n) is 5.09. The van der Waals surface area contributed by atoms with Crippen LogP contribution in [0.2, 0.25) is 0 Å². The molecule has 3 N–H and O–H groups in total. The van der Waals surface area contributed by atoms with Gasteiger partial charge in [-0.3, -0.25) is 9.59 Å². The normalized spacial score (nSPS) is 28.2. The number of nitrogens with zero attached hydrogens (tertiary/aromatic N) is 2. The second-order valence-electron chi connectivity index (χ2n) is 9.16. The van der Waals surface area contributed by atoms with Crippen LogP contribution >= 0.6 is 0 Å². The van der Waals surface area contributed by atoms with E-state index in [-0.39, 0.29) is 30.7 Å². The number of piperazine rings is 1. The highest BCUT2D eigenvalue weighted by molar-refractivity contribution is 5.79. The number of para-hydroxylation sites is 2. The van der Waals surface area contributed by atoms with Crippen molar-refractivity contribution in [2.24, 2.45) is 5.92 Å². The zero-order valence-corrected chi connectivity index (χ0v) is 19.2. The van der Waals surface area contributed by atoms with Crippen LogP contribution in [0.25, 0.3) is 0 Å². The highest BCUT2D eigenvalue weighted by Crippen LogP contribution is 2.29. The Morgan fingerprint density at radius 1 is 1.06 bits per heavy atom. The van der Waals surface area contributed by atoms with Gasteiger partial charge < -0.3 is 34.8 Å². The quantitative estimate of drug-likeness (QED) is 0.543. The van der Waals surface area contributed by atoms with Crippen molar-refractivity contribution < 1.29 is 29.3 Å². The fourth-order valence-corrected chi connectivity index (χ4v) is 5.09. The number of hydrogen-bond donors (Lipinski definition) is 3. The number of amides is 2. The topological polar surface area (TPSA) is 112 Å². The first-order valence-corrected chi connectivity index (χ1v) is 11.9. The average molecular weight is 462 g/mol. The van der Waals surface area contributed by atoms with E-state index < -0.39 is 24.4 Å². The van der Waals surface area contributed by atoms with Crippen LogP contribution in [-0.2, 0) is 14.3 Å². The molecule has 1 aliphatic carbocycles. The standard InChI is InChI=1S/C24H35N3O6/c1-32-18-9-5-4-8-17(18)26-10-12-27(13-11-26)21(28)14-19-22(29)23(30)20(33-19)15-25-24(31)16-6-2-3-7-16/h4-5,8-9,16,19-20,22-23,29-30H,2-3,6-7,10-15H2,1H3,(H,25,31). The van der Waals surface area contributed by atoms with Gasteiger partial charge in [0.05, 0.1) is 25.3 Å². The van der Waals surface area contributed by atoms with E-state index in [1.165, 1.54) is 0 Å². The third kappa shape index (κ3) is 5.42. The minimum absolute atomic E-state index is 0.0000435. The van der Waals surface area contributed by atoms with Crippen LogP contribution in [0.1, 0.15) is 32.1 Å². The molecule has 0 radical (unpaired) electrons. The van der Waals surface area contributed by atoms with Crippen LogP contribution in [0.3, 0.4) is 0 Å². The predicted molar refractivity (Wildman–Crippen MR) is 122 cm³/mol. The van der Waals surface area contributed by atoms with Gasteiger partial charge in [0.25, 0.3) is 0 Å². The summed E-state index contributed by atoms with van der Waals surface area (Å²) in [6, 6.07) is 7.82. The Morgan fingerprint density at radius 2 is 1.73 bits per heavy atom. The molecule has 1 aromatic carbocycles. The van der Waals surface area contributed by atoms with E-state index in [9.17, 15) is 19.8 Å². The number of aliphatic hydroxyl groups is 2. The molecule has 4 atom stereocenters. The maximum Gasteiger partial charge on any atom is 0.225 e. The highest BCUT2D eigenvalue weighted by atomic mass is 16.5. The van der Waals surface area contributed by atoms with Gasteiger partial charge in [-0.2, -0.15) is 0 Å². The number of aliphatic hydroxyl groups excluding tert-OH is 2. The van der Waals surface area contributed by atoms with Gasteiger partial charge in [-0.25, -0.2) is 0 Å². The third-order valence-electron chi connectivity index (χ3n) is 7.10. The summed E-state index contributed by atoms with van der Waals surface area (Å²) in [5, 5.41) is 23.6. The Balaban J connectivity index is 1.25. The molecule has 33 heavy (non-hydrogen) atoms. The lowest BCUT2D eigenvalue weighted by Gasteiger charge is -2.37. The molecule has 3 aliphatic rings. The molecular weight excluding hydrogens is 426 g/mol. The van der Waals surface area contributed by atoms with Gasteiger partial charge in [0.2, 0.25) is 11.8 Å². The van der Waals surface area contributed by atoms with E-state index in [0.717, 1.165) is 37.1 Å². The van der Waals surface area contributed by atoms with Crippen molar-refractivity contribution in [2.75, 3.05) is 44.7 Å². The Hall–Kier alpha value is -2.36. The van der Waals surface area contributed by atoms with Crippen molar-refractivity contribution in [3.8, 4) is 5.75 Å². The highest BCUT2D eigenvalue weighted by Gasteiger charge is 2.44. The van der Waals surface area contributed by atoms with Crippen molar-refractivity contribution in [1.29, 1.82) is 0 Å². The number of hydrogen-bond acceptors (Lipinski definition) is 7. The summed E-state index contributed by atoms with van der Waals surface area (Å²) in [6.45, 7) is 2.61. The van der Waals surface area contributed by atoms with Crippen LogP contribution in [-0.4, -0.2) is 91.2 Å². The van der Waals surface area contributed by atoms with Gasteiger partial charge in [0.15, 0.2) is 0 Å². The first kappa shape index (κ1) is 23.8. The Bertz CT molecular complexity index is 822. The van der Waals surface area contributed by atoms with Crippen molar-refractivity contribution in [3.05, 3.63) is 24.3 Å². The lowest BCUT2D eigenvalue weighted by Crippen LogP contribution is -2.50. The number of rotatable bonds is 7. The van der Waals surface area contributed by atoms with E-state index in [1.807, 2.05) is 24.3 Å². The summed E-state index contributed by atoms with van der Waals surface area (Å²) in [5.74, 6) is 0.701. The van der Waals surface area contributed by atoms with Crippen molar-refractivity contribution in [2.45, 2.75) is 56.5 Å². The molecule has 1 saturated carbocycles. The molecule has 2 heterocycles. The Morgan fingerprint density at radius 3 is 2.42 bits per heavy atom. The lowest BCUT2D eigenvalue weighted by atomic mass is 10.0. The van der Waals surface area contributed by atoms with Gasteiger partial charge in [-0.1, -0.05) is 25.0 Å². The number of benzene rings is 1. The van der Waals surface area contributed by atoms with Crippen LogP contribution < -0.4 is 15.0 Å². The molecule has 2 saturated heterocycles. The Labute approximate surface area is 194 Å². The first-order chi connectivity index (χ1) is 16.0. The summed E-state index contributed by atoms with van der Waals surface area (Å²) in [7, 11) is 1.65. The largest absolute Gasteiger partial charge is 0.495 e. The number of methoxy groups -OCH3 is 1.